The lowest BCUT2D eigenvalue weighted by molar-refractivity contribution is 1.18. The smallest absolute Gasteiger partial charge is 0.160 e. The number of aromatic nitrogens is 2. The van der Waals surface area contributed by atoms with E-state index < -0.39 is 0 Å². The lowest BCUT2D eigenvalue weighted by Crippen LogP contribution is -1.97. The van der Waals surface area contributed by atoms with Crippen LogP contribution in [-0.2, 0) is 0 Å². The molecule has 0 unspecified atom stereocenters. The Morgan fingerprint density at radius 1 is 0.302 bits per heavy atom. The number of fused-ring (bicyclic) bond motifs is 4. The molecule has 3 heteroatoms. The molecule has 0 amide bonds. The summed E-state index contributed by atoms with van der Waals surface area (Å²) in [5.41, 5.74) is 11.9. The Morgan fingerprint density at radius 2 is 0.849 bits per heavy atom. The molecular weight excluding hydrogens is 661 g/mol. The molecule has 0 aliphatic heterocycles. The van der Waals surface area contributed by atoms with Crippen molar-refractivity contribution in [1.82, 2.24) is 9.97 Å². The van der Waals surface area contributed by atoms with Gasteiger partial charge in [0.1, 0.15) is 0 Å². The van der Waals surface area contributed by atoms with Gasteiger partial charge in [0.15, 0.2) is 5.82 Å². The van der Waals surface area contributed by atoms with E-state index in [1.807, 2.05) is 29.5 Å². The van der Waals surface area contributed by atoms with Crippen LogP contribution in [0.4, 0.5) is 0 Å². The second-order valence-electron chi connectivity index (χ2n) is 13.4. The summed E-state index contributed by atoms with van der Waals surface area (Å²) in [5, 5.41) is 4.94. The first kappa shape index (κ1) is 31.1. The van der Waals surface area contributed by atoms with Crippen LogP contribution in [0.15, 0.2) is 194 Å². The molecule has 0 saturated carbocycles. The minimum absolute atomic E-state index is 0.705. The molecule has 2 heterocycles. The Balaban J connectivity index is 1.19. The molecule has 2 nitrogen and oxygen atoms in total. The van der Waals surface area contributed by atoms with Crippen molar-refractivity contribution in [2.24, 2.45) is 0 Å². The molecule has 0 bridgehead atoms. The molecule has 0 aliphatic rings. The van der Waals surface area contributed by atoms with E-state index in [1.54, 1.807) is 0 Å². The Hall–Kier alpha value is -6.68. The number of nitrogens with zero attached hydrogens (tertiary/aromatic N) is 2. The van der Waals surface area contributed by atoms with E-state index in [2.05, 4.69) is 176 Å². The number of hydrogen-bond donors (Lipinski definition) is 0. The van der Waals surface area contributed by atoms with E-state index >= 15 is 0 Å². The third kappa shape index (κ3) is 5.87. The van der Waals surface area contributed by atoms with E-state index in [-0.39, 0.29) is 0 Å². The zero-order chi connectivity index (χ0) is 35.1. The van der Waals surface area contributed by atoms with Gasteiger partial charge in [-0.2, -0.15) is 0 Å². The van der Waals surface area contributed by atoms with E-state index in [1.165, 1.54) is 47.6 Å². The molecule has 0 saturated heterocycles. The van der Waals surface area contributed by atoms with Gasteiger partial charge in [0.2, 0.25) is 0 Å². The van der Waals surface area contributed by atoms with Gasteiger partial charge >= 0.3 is 0 Å². The van der Waals surface area contributed by atoms with Crippen molar-refractivity contribution in [3.8, 4) is 67.3 Å². The summed E-state index contributed by atoms with van der Waals surface area (Å²) in [6.07, 6.45) is 0. The van der Waals surface area contributed by atoms with Gasteiger partial charge in [0.05, 0.1) is 11.4 Å². The van der Waals surface area contributed by atoms with Gasteiger partial charge in [0, 0.05) is 36.9 Å². The van der Waals surface area contributed by atoms with Crippen molar-refractivity contribution in [2.75, 3.05) is 0 Å². The van der Waals surface area contributed by atoms with Crippen LogP contribution >= 0.6 is 11.3 Å². The minimum Gasteiger partial charge on any atom is -0.228 e. The van der Waals surface area contributed by atoms with E-state index in [9.17, 15) is 0 Å². The van der Waals surface area contributed by atoms with Gasteiger partial charge in [-0.05, 0) is 86.6 Å². The Bertz CT molecular complexity index is 2920. The van der Waals surface area contributed by atoms with Gasteiger partial charge in [-0.1, -0.05) is 152 Å². The van der Waals surface area contributed by atoms with Crippen LogP contribution in [-0.4, -0.2) is 9.97 Å². The van der Waals surface area contributed by atoms with Crippen LogP contribution in [0.1, 0.15) is 0 Å². The van der Waals surface area contributed by atoms with Gasteiger partial charge < -0.3 is 0 Å². The van der Waals surface area contributed by atoms with Crippen molar-refractivity contribution in [3.63, 3.8) is 0 Å². The molecule has 53 heavy (non-hydrogen) atoms. The first-order valence-corrected chi connectivity index (χ1v) is 18.7. The fourth-order valence-corrected chi connectivity index (χ4v) is 8.48. The SMILES string of the molecule is c1ccc(-c2ccc(-c3cc(-c4ccc5sc6ccccc6c5c4)cc(-c4cc(-c5cccc6ccccc56)nc(-c5ccccc5)n4)c3)cc2)cc1. The quantitative estimate of drug-likeness (QED) is 0.173. The zero-order valence-corrected chi connectivity index (χ0v) is 29.6. The van der Waals surface area contributed by atoms with Gasteiger partial charge in [-0.3, -0.25) is 0 Å². The molecule has 0 aliphatic carbocycles. The maximum absolute atomic E-state index is 5.28. The Kier molecular flexibility index (Phi) is 7.71. The summed E-state index contributed by atoms with van der Waals surface area (Å²) in [6, 6.07) is 69.3. The number of thiophene rings is 1. The topological polar surface area (TPSA) is 25.8 Å². The summed E-state index contributed by atoms with van der Waals surface area (Å²) in [5.74, 6) is 0.705. The lowest BCUT2D eigenvalue weighted by atomic mass is 9.93. The first-order valence-electron chi connectivity index (χ1n) is 17.9. The molecule has 0 spiro atoms. The number of benzene rings is 8. The van der Waals surface area contributed by atoms with Crippen molar-refractivity contribution in [2.45, 2.75) is 0 Å². The highest BCUT2D eigenvalue weighted by Crippen LogP contribution is 2.40. The molecule has 0 atom stereocenters. The van der Waals surface area contributed by atoms with Crippen molar-refractivity contribution in [1.29, 1.82) is 0 Å². The standard InChI is InChI=1S/C50H32N2S/c1-3-12-33(13-4-1)34-22-24-35(25-23-34)39-28-40(38-26-27-49-45(31-38)44-19-9-10-21-48(44)53-49)30-41(29-39)46-32-47(52-50(51-46)37-15-5-2-6-16-37)43-20-11-17-36-14-7-8-18-42(36)43/h1-32H. The highest BCUT2D eigenvalue weighted by molar-refractivity contribution is 7.25. The van der Waals surface area contributed by atoms with Crippen molar-refractivity contribution < 1.29 is 0 Å². The lowest BCUT2D eigenvalue weighted by Gasteiger charge is -2.14. The highest BCUT2D eigenvalue weighted by Gasteiger charge is 2.16. The molecule has 2 aromatic heterocycles. The number of rotatable bonds is 6. The van der Waals surface area contributed by atoms with Crippen molar-refractivity contribution >= 4 is 42.3 Å². The van der Waals surface area contributed by atoms with Crippen LogP contribution in [0.2, 0.25) is 0 Å². The van der Waals surface area contributed by atoms with Crippen LogP contribution < -0.4 is 0 Å². The fraction of sp³-hybridized carbons (Fsp3) is 0. The van der Waals surface area contributed by atoms with Gasteiger partial charge in [0.25, 0.3) is 0 Å². The summed E-state index contributed by atoms with van der Waals surface area (Å²) in [6.45, 7) is 0. The fourth-order valence-electron chi connectivity index (χ4n) is 7.40. The predicted octanol–water partition coefficient (Wildman–Crippen LogP) is 14.0. The third-order valence-corrected chi connectivity index (χ3v) is 11.2. The summed E-state index contributed by atoms with van der Waals surface area (Å²) >= 11 is 1.85. The second-order valence-corrected chi connectivity index (χ2v) is 14.5. The van der Waals surface area contributed by atoms with Gasteiger partial charge in [-0.15, -0.1) is 11.3 Å². The Morgan fingerprint density at radius 3 is 1.64 bits per heavy atom. The zero-order valence-electron chi connectivity index (χ0n) is 28.8. The maximum atomic E-state index is 5.28. The first-order chi connectivity index (χ1) is 26.2. The predicted molar refractivity (Wildman–Crippen MR) is 225 cm³/mol. The second kappa shape index (κ2) is 13.1. The largest absolute Gasteiger partial charge is 0.228 e. The van der Waals surface area contributed by atoms with Crippen LogP contribution in [0.5, 0.6) is 0 Å². The molecule has 8 aromatic carbocycles. The molecule has 10 aromatic rings. The molecule has 0 N–H and O–H groups in total. The van der Waals surface area contributed by atoms with E-state index in [4.69, 9.17) is 9.97 Å². The maximum Gasteiger partial charge on any atom is 0.160 e. The third-order valence-electron chi connectivity index (χ3n) is 10.1. The molecule has 0 fully saturated rings. The Labute approximate surface area is 312 Å². The molecule has 248 valence electrons. The molecule has 10 rings (SSSR count). The van der Waals surface area contributed by atoms with Gasteiger partial charge in [-0.25, -0.2) is 9.97 Å². The average molecular weight is 693 g/mol. The molecular formula is C50H32N2S. The van der Waals surface area contributed by atoms with Crippen LogP contribution in [0, 0.1) is 0 Å². The normalized spacial score (nSPS) is 11.4. The van der Waals surface area contributed by atoms with E-state index in [0.717, 1.165) is 44.8 Å². The van der Waals surface area contributed by atoms with E-state index in [0.29, 0.717) is 5.82 Å². The average Bonchev–Trinajstić information content (AvgIpc) is 3.62. The van der Waals surface area contributed by atoms with Crippen LogP contribution in [0.25, 0.3) is 98.2 Å². The summed E-state index contributed by atoms with van der Waals surface area (Å²) in [4.78, 5) is 10.5. The summed E-state index contributed by atoms with van der Waals surface area (Å²) in [7, 11) is 0. The minimum atomic E-state index is 0.705. The monoisotopic (exact) mass is 692 g/mol. The highest BCUT2D eigenvalue weighted by atomic mass is 32.1. The molecule has 0 radical (unpaired) electrons. The number of hydrogen-bond acceptors (Lipinski definition) is 3. The van der Waals surface area contributed by atoms with Crippen molar-refractivity contribution in [3.05, 3.63) is 194 Å². The van der Waals surface area contributed by atoms with Crippen LogP contribution in [0.3, 0.4) is 0 Å². The summed E-state index contributed by atoms with van der Waals surface area (Å²) < 4.78 is 2.61.